The van der Waals surface area contributed by atoms with Crippen LogP contribution in [-0.2, 0) is 4.79 Å². The van der Waals surface area contributed by atoms with Crippen LogP contribution >= 0.6 is 11.3 Å². The van der Waals surface area contributed by atoms with Gasteiger partial charge in [0.25, 0.3) is 0 Å². The molecule has 6 nitrogen and oxygen atoms in total. The Morgan fingerprint density at radius 3 is 3.13 bits per heavy atom. The highest BCUT2D eigenvalue weighted by Gasteiger charge is 2.28. The number of aromatic nitrogens is 2. The molecule has 1 aliphatic rings. The van der Waals surface area contributed by atoms with Gasteiger partial charge in [-0.2, -0.15) is 5.26 Å². The van der Waals surface area contributed by atoms with Gasteiger partial charge in [-0.15, -0.1) is 10.2 Å². The summed E-state index contributed by atoms with van der Waals surface area (Å²) in [6.07, 6.45) is 1.55. The minimum atomic E-state index is -0.537. The van der Waals surface area contributed by atoms with E-state index in [0.717, 1.165) is 12.8 Å². The second kappa shape index (κ2) is 6.71. The molecule has 8 heteroatoms. The van der Waals surface area contributed by atoms with Crippen LogP contribution in [0.25, 0.3) is 0 Å². The largest absolute Gasteiger partial charge is 0.370 e. The van der Waals surface area contributed by atoms with Crippen LogP contribution in [0, 0.1) is 23.1 Å². The van der Waals surface area contributed by atoms with E-state index >= 15 is 0 Å². The molecule has 1 saturated heterocycles. The van der Waals surface area contributed by atoms with Crippen molar-refractivity contribution in [2.45, 2.75) is 12.8 Å². The molecular weight excluding hydrogens is 317 g/mol. The van der Waals surface area contributed by atoms with Gasteiger partial charge >= 0.3 is 0 Å². The maximum Gasteiger partial charge on any atom is 0.231 e. The van der Waals surface area contributed by atoms with Crippen molar-refractivity contribution in [3.05, 3.63) is 35.1 Å². The minimum Gasteiger partial charge on any atom is -0.370 e. The molecule has 2 heterocycles. The fourth-order valence-corrected chi connectivity index (χ4v) is 3.18. The number of hydrogen-bond donors (Lipinski definition) is 1. The van der Waals surface area contributed by atoms with E-state index in [0.29, 0.717) is 23.9 Å². The average Bonchev–Trinajstić information content (AvgIpc) is 3.07. The van der Waals surface area contributed by atoms with Crippen LogP contribution in [0.3, 0.4) is 0 Å². The molecule has 0 unspecified atom stereocenters. The van der Waals surface area contributed by atoms with Crippen LogP contribution in [0.5, 0.6) is 0 Å². The summed E-state index contributed by atoms with van der Waals surface area (Å²) in [4.78, 5) is 14.2. The Morgan fingerprint density at radius 2 is 2.39 bits per heavy atom. The lowest BCUT2D eigenvalue weighted by atomic mass is 9.96. The number of amides is 1. The first-order valence-electron chi connectivity index (χ1n) is 7.19. The van der Waals surface area contributed by atoms with Crippen molar-refractivity contribution in [1.29, 1.82) is 5.26 Å². The number of carbonyl (C=O) groups excluding carboxylic acids is 1. The van der Waals surface area contributed by atoms with E-state index < -0.39 is 5.82 Å². The molecule has 1 amide bonds. The third-order valence-corrected chi connectivity index (χ3v) is 4.43. The monoisotopic (exact) mass is 331 g/mol. The van der Waals surface area contributed by atoms with E-state index in [-0.39, 0.29) is 17.4 Å². The number of halogens is 1. The zero-order chi connectivity index (χ0) is 16.2. The molecule has 1 aromatic carbocycles. The first-order valence-corrected chi connectivity index (χ1v) is 8.07. The third-order valence-electron chi connectivity index (χ3n) is 3.83. The standard InChI is InChI=1S/C15H14FN5OS/c16-12-4-1-5-13(11(12)7-17)21-6-2-3-10(8-21)14(22)19-15-20-18-9-23-15/h1,4-5,9-10H,2-3,6,8H2,(H,19,20,22)/t10-/m0/s1. The normalized spacial score (nSPS) is 17.6. The van der Waals surface area contributed by atoms with Crippen LogP contribution in [0.15, 0.2) is 23.7 Å². The summed E-state index contributed by atoms with van der Waals surface area (Å²) in [6, 6.07) is 6.47. The molecule has 23 heavy (non-hydrogen) atoms. The number of carbonyl (C=O) groups is 1. The first kappa shape index (κ1) is 15.4. The SMILES string of the molecule is N#Cc1c(F)cccc1N1CCC[C@H](C(=O)Nc2nncs2)C1. The number of nitrogens with zero attached hydrogens (tertiary/aromatic N) is 4. The number of rotatable bonds is 3. The van der Waals surface area contributed by atoms with Crippen molar-refractivity contribution >= 4 is 28.1 Å². The Bertz CT molecular complexity index is 743. The lowest BCUT2D eigenvalue weighted by Crippen LogP contribution is -2.41. The maximum atomic E-state index is 13.8. The van der Waals surface area contributed by atoms with Crippen LogP contribution in [0.2, 0.25) is 0 Å². The molecule has 0 radical (unpaired) electrons. The quantitative estimate of drug-likeness (QED) is 0.934. The summed E-state index contributed by atoms with van der Waals surface area (Å²) in [5.74, 6) is -0.894. The van der Waals surface area contributed by atoms with Crippen LogP contribution in [-0.4, -0.2) is 29.2 Å². The molecule has 2 aromatic rings. The zero-order valence-corrected chi connectivity index (χ0v) is 13.0. The summed E-state index contributed by atoms with van der Waals surface area (Å²) in [7, 11) is 0. The fraction of sp³-hybridized carbons (Fsp3) is 0.333. The highest BCUT2D eigenvalue weighted by Crippen LogP contribution is 2.28. The van der Waals surface area contributed by atoms with Gasteiger partial charge in [-0.3, -0.25) is 4.79 Å². The maximum absolute atomic E-state index is 13.8. The van der Waals surface area contributed by atoms with Crippen molar-refractivity contribution < 1.29 is 9.18 Å². The van der Waals surface area contributed by atoms with Gasteiger partial charge in [-0.25, -0.2) is 4.39 Å². The number of anilines is 2. The molecule has 0 aliphatic carbocycles. The zero-order valence-electron chi connectivity index (χ0n) is 12.2. The summed E-state index contributed by atoms with van der Waals surface area (Å²) >= 11 is 1.26. The van der Waals surface area contributed by atoms with E-state index in [4.69, 9.17) is 5.26 Å². The molecule has 0 saturated carbocycles. The van der Waals surface area contributed by atoms with Gasteiger partial charge in [-0.1, -0.05) is 17.4 Å². The molecular formula is C15H14FN5OS. The Balaban J connectivity index is 1.75. The molecule has 1 atom stereocenters. The summed E-state index contributed by atoms with van der Waals surface area (Å²) in [5.41, 5.74) is 2.12. The molecule has 1 aliphatic heterocycles. The van der Waals surface area contributed by atoms with E-state index in [9.17, 15) is 9.18 Å². The van der Waals surface area contributed by atoms with Crippen LogP contribution in [0.4, 0.5) is 15.2 Å². The highest BCUT2D eigenvalue weighted by atomic mass is 32.1. The van der Waals surface area contributed by atoms with Crippen molar-refractivity contribution in [1.82, 2.24) is 10.2 Å². The highest BCUT2D eigenvalue weighted by molar-refractivity contribution is 7.13. The number of hydrogen-bond acceptors (Lipinski definition) is 6. The smallest absolute Gasteiger partial charge is 0.231 e. The van der Waals surface area contributed by atoms with Gasteiger partial charge in [0.15, 0.2) is 0 Å². The second-order valence-electron chi connectivity index (χ2n) is 5.26. The fourth-order valence-electron chi connectivity index (χ4n) is 2.73. The van der Waals surface area contributed by atoms with Gasteiger partial charge in [0.05, 0.1) is 11.6 Å². The lowest BCUT2D eigenvalue weighted by molar-refractivity contribution is -0.120. The summed E-state index contributed by atoms with van der Waals surface area (Å²) < 4.78 is 13.8. The number of nitriles is 1. The number of piperidine rings is 1. The van der Waals surface area contributed by atoms with Crippen molar-refractivity contribution in [3.63, 3.8) is 0 Å². The van der Waals surface area contributed by atoms with Crippen molar-refractivity contribution in [2.24, 2.45) is 5.92 Å². The Kier molecular flexibility index (Phi) is 4.48. The predicted octanol–water partition coefficient (Wildman–Crippen LogP) is 2.40. The molecule has 1 N–H and O–H groups in total. The molecule has 1 aromatic heterocycles. The van der Waals surface area contributed by atoms with Gasteiger partial charge in [-0.05, 0) is 25.0 Å². The van der Waals surface area contributed by atoms with Crippen molar-refractivity contribution in [2.75, 3.05) is 23.3 Å². The van der Waals surface area contributed by atoms with E-state index in [1.165, 1.54) is 17.4 Å². The average molecular weight is 331 g/mol. The van der Waals surface area contributed by atoms with Gasteiger partial charge in [0.1, 0.15) is 23.0 Å². The Hall–Kier alpha value is -2.53. The molecule has 0 spiro atoms. The number of nitrogens with one attached hydrogen (secondary N) is 1. The van der Waals surface area contributed by atoms with Gasteiger partial charge in [0.2, 0.25) is 11.0 Å². The van der Waals surface area contributed by atoms with Crippen molar-refractivity contribution in [3.8, 4) is 6.07 Å². The Morgan fingerprint density at radius 1 is 1.52 bits per heavy atom. The van der Waals surface area contributed by atoms with E-state index in [2.05, 4.69) is 15.5 Å². The minimum absolute atomic E-state index is 0.0256. The third kappa shape index (κ3) is 3.29. The molecule has 118 valence electrons. The van der Waals surface area contributed by atoms with Gasteiger partial charge in [0, 0.05) is 13.1 Å². The number of benzene rings is 1. The molecule has 3 rings (SSSR count). The summed E-state index contributed by atoms with van der Waals surface area (Å²) in [6.45, 7) is 1.14. The first-order chi connectivity index (χ1) is 11.2. The molecule has 0 bridgehead atoms. The van der Waals surface area contributed by atoms with Crippen LogP contribution < -0.4 is 10.2 Å². The lowest BCUT2D eigenvalue weighted by Gasteiger charge is -2.34. The second-order valence-corrected chi connectivity index (χ2v) is 6.10. The van der Waals surface area contributed by atoms with Gasteiger partial charge < -0.3 is 10.2 Å². The summed E-state index contributed by atoms with van der Waals surface area (Å²) in [5, 5.41) is 19.9. The topological polar surface area (TPSA) is 81.9 Å². The Labute approximate surface area is 136 Å². The van der Waals surface area contributed by atoms with Crippen LogP contribution in [0.1, 0.15) is 18.4 Å². The predicted molar refractivity (Wildman–Crippen MR) is 84.6 cm³/mol. The van der Waals surface area contributed by atoms with E-state index in [1.807, 2.05) is 11.0 Å². The van der Waals surface area contributed by atoms with E-state index in [1.54, 1.807) is 17.6 Å². The molecule has 1 fully saturated rings.